The third-order valence-electron chi connectivity index (χ3n) is 3.12. The van der Waals surface area contributed by atoms with Crippen LogP contribution in [-0.4, -0.2) is 18.4 Å². The molecule has 0 spiro atoms. The molecular formula is C12H21N7O2. The lowest BCUT2D eigenvalue weighted by Crippen LogP contribution is -2.36. The largest absolute Gasteiger partial charge is 0.397 e. The molecule has 0 radical (unpaired) electrons. The second-order valence-corrected chi connectivity index (χ2v) is 4.47. The zero-order valence-corrected chi connectivity index (χ0v) is 11.6. The van der Waals surface area contributed by atoms with Crippen molar-refractivity contribution in [2.75, 3.05) is 18.0 Å². The van der Waals surface area contributed by atoms with Gasteiger partial charge in [0.05, 0.1) is 22.5 Å². The first-order valence-electron chi connectivity index (χ1n) is 6.40. The first-order valence-corrected chi connectivity index (χ1v) is 6.40. The summed E-state index contributed by atoms with van der Waals surface area (Å²) in [5, 5.41) is 0. The van der Waals surface area contributed by atoms with Gasteiger partial charge in [-0.25, -0.2) is 11.7 Å². The van der Waals surface area contributed by atoms with E-state index in [0.717, 1.165) is 6.42 Å². The van der Waals surface area contributed by atoms with Crippen LogP contribution in [-0.2, 0) is 6.42 Å². The number of hydrazine groups is 2. The van der Waals surface area contributed by atoms with E-state index < -0.39 is 11.8 Å². The average Bonchev–Trinajstić information content (AvgIpc) is 2.49. The van der Waals surface area contributed by atoms with E-state index in [4.69, 9.17) is 28.9 Å². The predicted molar refractivity (Wildman–Crippen MR) is 80.6 cm³/mol. The lowest BCUT2D eigenvalue weighted by atomic mass is 9.93. The van der Waals surface area contributed by atoms with Gasteiger partial charge in [-0.3, -0.25) is 20.4 Å². The van der Waals surface area contributed by atoms with Crippen molar-refractivity contribution < 1.29 is 9.59 Å². The number of unbranched alkanes of at least 4 members (excludes halogenated alkanes) is 1. The summed E-state index contributed by atoms with van der Waals surface area (Å²) in [5.41, 5.74) is 22.1. The molecule has 0 aromatic heterocycles. The Morgan fingerprint density at radius 2 is 1.67 bits per heavy atom. The second kappa shape index (κ2) is 7.43. The maximum absolute atomic E-state index is 12.0. The molecule has 0 aliphatic carbocycles. The van der Waals surface area contributed by atoms with Crippen LogP contribution < -0.4 is 39.7 Å². The Hall–Kier alpha value is -2.36. The monoisotopic (exact) mass is 295 g/mol. The van der Waals surface area contributed by atoms with Gasteiger partial charge in [0.25, 0.3) is 11.8 Å². The van der Waals surface area contributed by atoms with E-state index in [1.807, 2.05) is 10.9 Å². The number of carbonyl (C=O) groups excluding carboxylic acids is 2. The van der Waals surface area contributed by atoms with Gasteiger partial charge in [0.1, 0.15) is 0 Å². The Morgan fingerprint density at radius 3 is 2.19 bits per heavy atom. The van der Waals surface area contributed by atoms with Gasteiger partial charge in [-0.15, -0.1) is 0 Å². The molecule has 0 unspecified atom stereocenters. The normalized spacial score (nSPS) is 10.2. The van der Waals surface area contributed by atoms with Crippen molar-refractivity contribution in [3.05, 3.63) is 22.8 Å². The lowest BCUT2D eigenvalue weighted by Gasteiger charge is -2.17. The van der Waals surface area contributed by atoms with Crippen molar-refractivity contribution in [2.24, 2.45) is 17.4 Å². The van der Waals surface area contributed by atoms with Crippen molar-refractivity contribution in [2.45, 2.75) is 19.3 Å². The number of nitrogen functional groups attached to an aromatic ring is 4. The van der Waals surface area contributed by atoms with Gasteiger partial charge in [-0.1, -0.05) is 0 Å². The van der Waals surface area contributed by atoms with Crippen LogP contribution in [0.15, 0.2) is 6.07 Å². The first-order chi connectivity index (χ1) is 9.97. The van der Waals surface area contributed by atoms with Crippen molar-refractivity contribution in [3.8, 4) is 0 Å². The number of benzene rings is 1. The zero-order chi connectivity index (χ0) is 16.0. The van der Waals surface area contributed by atoms with Crippen molar-refractivity contribution >= 4 is 23.2 Å². The van der Waals surface area contributed by atoms with Crippen LogP contribution in [0.4, 0.5) is 11.4 Å². The van der Waals surface area contributed by atoms with Gasteiger partial charge in [0, 0.05) is 0 Å². The Kier molecular flexibility index (Phi) is 5.91. The van der Waals surface area contributed by atoms with Crippen LogP contribution in [0.1, 0.15) is 39.1 Å². The van der Waals surface area contributed by atoms with E-state index in [2.05, 4.69) is 0 Å². The number of hydrogen-bond acceptors (Lipinski definition) is 7. The number of carbonyl (C=O) groups is 2. The van der Waals surface area contributed by atoms with Crippen LogP contribution >= 0.6 is 0 Å². The highest BCUT2D eigenvalue weighted by atomic mass is 16.2. The van der Waals surface area contributed by atoms with Crippen molar-refractivity contribution in [1.82, 2.24) is 10.9 Å². The zero-order valence-electron chi connectivity index (χ0n) is 11.6. The number of anilines is 2. The molecule has 0 heterocycles. The highest BCUT2D eigenvalue weighted by Crippen LogP contribution is 2.29. The van der Waals surface area contributed by atoms with Crippen LogP contribution in [0.3, 0.4) is 0 Å². The summed E-state index contributed by atoms with van der Waals surface area (Å²) in [4.78, 5) is 23.8. The summed E-state index contributed by atoms with van der Waals surface area (Å²) in [6, 6.07) is 1.30. The van der Waals surface area contributed by atoms with Crippen molar-refractivity contribution in [3.63, 3.8) is 0 Å². The lowest BCUT2D eigenvalue weighted by molar-refractivity contribution is 0.0919. The highest BCUT2D eigenvalue weighted by Gasteiger charge is 2.23. The topological polar surface area (TPSA) is 188 Å². The fourth-order valence-electron chi connectivity index (χ4n) is 2.07. The minimum atomic E-state index is -0.652. The summed E-state index contributed by atoms with van der Waals surface area (Å²) < 4.78 is 0. The van der Waals surface area contributed by atoms with Gasteiger partial charge >= 0.3 is 0 Å². The molecule has 116 valence electrons. The summed E-state index contributed by atoms with van der Waals surface area (Å²) in [6.07, 6.45) is 1.89. The summed E-state index contributed by atoms with van der Waals surface area (Å²) in [6.45, 7) is 0.511. The number of nitrogens with two attached hydrogens (primary N) is 5. The quantitative estimate of drug-likeness (QED) is 0.107. The molecule has 1 aromatic carbocycles. The molecule has 0 aliphatic heterocycles. The van der Waals surface area contributed by atoms with Crippen LogP contribution in [0.25, 0.3) is 0 Å². The molecular weight excluding hydrogens is 274 g/mol. The fourth-order valence-corrected chi connectivity index (χ4v) is 2.07. The minimum Gasteiger partial charge on any atom is -0.397 e. The van der Waals surface area contributed by atoms with Gasteiger partial charge in [0.15, 0.2) is 0 Å². The third-order valence-corrected chi connectivity index (χ3v) is 3.12. The summed E-state index contributed by atoms with van der Waals surface area (Å²) >= 11 is 0. The second-order valence-electron chi connectivity index (χ2n) is 4.47. The van der Waals surface area contributed by atoms with E-state index in [1.165, 1.54) is 6.07 Å². The average molecular weight is 295 g/mol. The smallest absolute Gasteiger partial charge is 0.266 e. The Bertz CT molecular complexity index is 545. The van der Waals surface area contributed by atoms with E-state index in [-0.39, 0.29) is 22.5 Å². The van der Waals surface area contributed by atoms with Gasteiger partial charge in [0.2, 0.25) is 0 Å². The molecule has 9 heteroatoms. The first kappa shape index (κ1) is 16.7. The molecule has 0 saturated heterocycles. The van der Waals surface area contributed by atoms with E-state index >= 15 is 0 Å². The van der Waals surface area contributed by atoms with Crippen LogP contribution in [0.5, 0.6) is 0 Å². The Labute approximate surface area is 122 Å². The predicted octanol–water partition coefficient (Wildman–Crippen LogP) is -1.66. The fraction of sp³-hybridized carbons (Fsp3) is 0.333. The molecule has 9 nitrogen and oxygen atoms in total. The summed E-state index contributed by atoms with van der Waals surface area (Å²) in [7, 11) is 0. The molecule has 0 fully saturated rings. The Morgan fingerprint density at radius 1 is 1.05 bits per heavy atom. The molecule has 1 rings (SSSR count). The highest BCUT2D eigenvalue weighted by molar-refractivity contribution is 6.10. The number of hydrogen-bond donors (Lipinski definition) is 7. The molecule has 21 heavy (non-hydrogen) atoms. The Balaban J connectivity index is 3.45. The SMILES string of the molecule is NCCCCc1c(N)c(N)cc(C(=O)NN)c1C(=O)NN. The molecule has 0 saturated carbocycles. The maximum atomic E-state index is 12.0. The van der Waals surface area contributed by atoms with E-state index in [1.54, 1.807) is 0 Å². The maximum Gasteiger partial charge on any atom is 0.266 e. The molecule has 0 aliphatic rings. The summed E-state index contributed by atoms with van der Waals surface area (Å²) in [5.74, 6) is 9.01. The number of amides is 2. The molecule has 2 amide bonds. The van der Waals surface area contributed by atoms with Crippen molar-refractivity contribution in [1.29, 1.82) is 0 Å². The standard InChI is InChI=1S/C12H21N7O2/c13-4-2-1-3-6-9(12(21)19-17)7(11(20)18-16)5-8(14)10(6)15/h5H,1-4,13-17H2,(H,18,20)(H,19,21). The van der Waals surface area contributed by atoms with Crippen LogP contribution in [0, 0.1) is 0 Å². The van der Waals surface area contributed by atoms with Crippen LogP contribution in [0.2, 0.25) is 0 Å². The molecule has 12 N–H and O–H groups in total. The third kappa shape index (κ3) is 3.60. The molecule has 0 atom stereocenters. The van der Waals surface area contributed by atoms with Gasteiger partial charge < -0.3 is 17.2 Å². The minimum absolute atomic E-state index is 0.0231. The van der Waals surface area contributed by atoms with Gasteiger partial charge in [-0.05, 0) is 37.4 Å². The van der Waals surface area contributed by atoms with E-state index in [0.29, 0.717) is 24.9 Å². The van der Waals surface area contributed by atoms with Gasteiger partial charge in [-0.2, -0.15) is 0 Å². The van der Waals surface area contributed by atoms with E-state index in [9.17, 15) is 9.59 Å². The number of rotatable bonds is 6. The molecule has 0 bridgehead atoms. The number of nitrogens with one attached hydrogen (secondary N) is 2. The molecule has 1 aromatic rings.